The molecular formula is C15H10ClF3O2. The summed E-state index contributed by atoms with van der Waals surface area (Å²) in [4.78, 5) is 11.4. The van der Waals surface area contributed by atoms with E-state index in [2.05, 4.69) is 0 Å². The number of alkyl halides is 3. The highest BCUT2D eigenvalue weighted by molar-refractivity contribution is 6.31. The summed E-state index contributed by atoms with van der Waals surface area (Å²) in [6, 6.07) is 11.2. The monoisotopic (exact) mass is 314 g/mol. The number of carboxylic acids is 1. The Labute approximate surface area is 123 Å². The number of rotatable bonds is 3. The summed E-state index contributed by atoms with van der Waals surface area (Å²) in [6.07, 6.45) is -4.63. The van der Waals surface area contributed by atoms with Crippen LogP contribution in [0.2, 0.25) is 5.02 Å². The van der Waals surface area contributed by atoms with Gasteiger partial charge in [0.25, 0.3) is 0 Å². The van der Waals surface area contributed by atoms with Crippen LogP contribution in [0.1, 0.15) is 22.6 Å². The molecule has 110 valence electrons. The number of halogens is 4. The third-order valence-electron chi connectivity index (χ3n) is 3.01. The molecule has 2 aromatic carbocycles. The van der Waals surface area contributed by atoms with Crippen LogP contribution in [0.5, 0.6) is 0 Å². The molecule has 1 unspecified atom stereocenters. The van der Waals surface area contributed by atoms with Crippen LogP contribution in [-0.4, -0.2) is 11.1 Å². The lowest BCUT2D eigenvalue weighted by molar-refractivity contribution is -0.139. The number of carbonyl (C=O) groups is 1. The van der Waals surface area contributed by atoms with Gasteiger partial charge in [-0.2, -0.15) is 13.2 Å². The van der Waals surface area contributed by atoms with Crippen molar-refractivity contribution in [2.45, 2.75) is 12.1 Å². The standard InChI is InChI=1S/C15H10ClF3O2/c16-12-7-6-10(8-11(12)15(17,18)19)13(14(20)21)9-4-2-1-3-5-9/h1-8,13H,(H,20,21). The second kappa shape index (κ2) is 5.77. The van der Waals surface area contributed by atoms with E-state index in [0.29, 0.717) is 5.56 Å². The lowest BCUT2D eigenvalue weighted by atomic mass is 9.90. The van der Waals surface area contributed by atoms with Crippen molar-refractivity contribution in [1.82, 2.24) is 0 Å². The highest BCUT2D eigenvalue weighted by Gasteiger charge is 2.34. The lowest BCUT2D eigenvalue weighted by Crippen LogP contribution is -2.15. The Balaban J connectivity index is 2.55. The summed E-state index contributed by atoms with van der Waals surface area (Å²) in [6.45, 7) is 0. The fraction of sp³-hybridized carbons (Fsp3) is 0.133. The van der Waals surface area contributed by atoms with Crippen molar-refractivity contribution in [2.75, 3.05) is 0 Å². The van der Waals surface area contributed by atoms with Gasteiger partial charge in [0.1, 0.15) is 5.92 Å². The zero-order valence-corrected chi connectivity index (χ0v) is 11.3. The summed E-state index contributed by atoms with van der Waals surface area (Å²) in [5.74, 6) is -2.40. The minimum absolute atomic E-state index is 0.0328. The molecular weight excluding hydrogens is 305 g/mol. The first-order valence-electron chi connectivity index (χ1n) is 5.95. The van der Waals surface area contributed by atoms with Crippen molar-refractivity contribution >= 4 is 17.6 Å². The van der Waals surface area contributed by atoms with Crippen molar-refractivity contribution in [2.24, 2.45) is 0 Å². The van der Waals surface area contributed by atoms with E-state index in [-0.39, 0.29) is 5.56 Å². The van der Waals surface area contributed by atoms with Gasteiger partial charge in [-0.3, -0.25) is 4.79 Å². The van der Waals surface area contributed by atoms with Gasteiger partial charge in [0.15, 0.2) is 0 Å². The summed E-state index contributed by atoms with van der Waals surface area (Å²) in [7, 11) is 0. The zero-order valence-electron chi connectivity index (χ0n) is 10.6. The molecule has 2 rings (SSSR count). The molecule has 0 spiro atoms. The molecule has 1 N–H and O–H groups in total. The van der Waals surface area contributed by atoms with E-state index in [1.54, 1.807) is 30.3 Å². The van der Waals surface area contributed by atoms with Crippen molar-refractivity contribution in [1.29, 1.82) is 0 Å². The minimum atomic E-state index is -4.63. The van der Waals surface area contributed by atoms with E-state index in [1.807, 2.05) is 0 Å². The molecule has 1 atom stereocenters. The van der Waals surface area contributed by atoms with Gasteiger partial charge in [0.05, 0.1) is 10.6 Å². The second-order valence-corrected chi connectivity index (χ2v) is 4.83. The van der Waals surface area contributed by atoms with Crippen molar-refractivity contribution in [3.8, 4) is 0 Å². The molecule has 0 aliphatic carbocycles. The van der Waals surface area contributed by atoms with Gasteiger partial charge >= 0.3 is 12.1 Å². The number of hydrogen-bond donors (Lipinski definition) is 1. The molecule has 0 saturated heterocycles. The van der Waals surface area contributed by atoms with Gasteiger partial charge in [0.2, 0.25) is 0 Å². The topological polar surface area (TPSA) is 37.3 Å². The van der Waals surface area contributed by atoms with Crippen LogP contribution < -0.4 is 0 Å². The van der Waals surface area contributed by atoms with Crippen LogP contribution >= 0.6 is 11.6 Å². The minimum Gasteiger partial charge on any atom is -0.481 e. The Morgan fingerprint density at radius 2 is 1.67 bits per heavy atom. The van der Waals surface area contributed by atoms with E-state index in [4.69, 9.17) is 11.6 Å². The molecule has 0 aromatic heterocycles. The highest BCUT2D eigenvalue weighted by atomic mass is 35.5. The van der Waals surface area contributed by atoms with Crippen LogP contribution in [-0.2, 0) is 11.0 Å². The molecule has 0 aliphatic heterocycles. The molecule has 0 amide bonds. The molecule has 0 aliphatic rings. The van der Waals surface area contributed by atoms with Crippen molar-refractivity contribution in [3.05, 3.63) is 70.2 Å². The summed E-state index contributed by atoms with van der Waals surface area (Å²) in [5, 5.41) is 8.87. The lowest BCUT2D eigenvalue weighted by Gasteiger charge is -2.16. The SMILES string of the molecule is O=C(O)C(c1ccccc1)c1ccc(Cl)c(C(F)(F)F)c1. The Hall–Kier alpha value is -2.01. The number of aliphatic carboxylic acids is 1. The fourth-order valence-electron chi connectivity index (χ4n) is 2.06. The van der Waals surface area contributed by atoms with Crippen LogP contribution in [0.4, 0.5) is 13.2 Å². The van der Waals surface area contributed by atoms with E-state index >= 15 is 0 Å². The maximum Gasteiger partial charge on any atom is 0.417 e. The first-order valence-corrected chi connectivity index (χ1v) is 6.33. The van der Waals surface area contributed by atoms with Crippen molar-refractivity contribution in [3.63, 3.8) is 0 Å². The maximum absolute atomic E-state index is 12.9. The van der Waals surface area contributed by atoms with Gasteiger partial charge in [-0.05, 0) is 23.3 Å². The number of benzene rings is 2. The summed E-state index contributed by atoms with van der Waals surface area (Å²) in [5.41, 5.74) is -0.602. The Morgan fingerprint density at radius 3 is 2.19 bits per heavy atom. The molecule has 0 bridgehead atoms. The quantitative estimate of drug-likeness (QED) is 0.900. The first-order chi connectivity index (χ1) is 9.80. The van der Waals surface area contributed by atoms with Gasteiger partial charge in [-0.25, -0.2) is 0 Å². The predicted octanol–water partition coefficient (Wildman–Crippen LogP) is 4.58. The largest absolute Gasteiger partial charge is 0.481 e. The molecule has 6 heteroatoms. The smallest absolute Gasteiger partial charge is 0.417 e. The number of carboxylic acid groups (broad SMARTS) is 1. The Morgan fingerprint density at radius 1 is 1.05 bits per heavy atom. The third kappa shape index (κ3) is 3.36. The molecule has 2 aromatic rings. The van der Waals surface area contributed by atoms with Crippen LogP contribution in [0.3, 0.4) is 0 Å². The fourth-order valence-corrected chi connectivity index (χ4v) is 2.29. The average molecular weight is 315 g/mol. The summed E-state index contributed by atoms with van der Waals surface area (Å²) >= 11 is 5.54. The van der Waals surface area contributed by atoms with Crippen LogP contribution in [0.15, 0.2) is 48.5 Å². The normalized spacial score (nSPS) is 13.0. The summed E-state index contributed by atoms with van der Waals surface area (Å²) < 4.78 is 38.6. The molecule has 2 nitrogen and oxygen atoms in total. The van der Waals surface area contributed by atoms with Crippen LogP contribution in [0.25, 0.3) is 0 Å². The number of hydrogen-bond acceptors (Lipinski definition) is 1. The second-order valence-electron chi connectivity index (χ2n) is 4.42. The van der Waals surface area contributed by atoms with E-state index in [9.17, 15) is 23.1 Å². The van der Waals surface area contributed by atoms with E-state index < -0.39 is 28.6 Å². The molecule has 0 heterocycles. The van der Waals surface area contributed by atoms with E-state index in [1.165, 1.54) is 6.07 Å². The molecule has 0 radical (unpaired) electrons. The molecule has 21 heavy (non-hydrogen) atoms. The Kier molecular flexibility index (Phi) is 4.23. The van der Waals surface area contributed by atoms with Crippen molar-refractivity contribution < 1.29 is 23.1 Å². The van der Waals surface area contributed by atoms with Gasteiger partial charge in [-0.1, -0.05) is 48.0 Å². The predicted molar refractivity (Wildman–Crippen MR) is 72.4 cm³/mol. The maximum atomic E-state index is 12.9. The molecule has 0 fully saturated rings. The third-order valence-corrected chi connectivity index (χ3v) is 3.34. The zero-order chi connectivity index (χ0) is 15.6. The van der Waals surface area contributed by atoms with Gasteiger partial charge in [-0.15, -0.1) is 0 Å². The highest BCUT2D eigenvalue weighted by Crippen LogP contribution is 2.37. The van der Waals surface area contributed by atoms with Gasteiger partial charge in [0, 0.05) is 0 Å². The van der Waals surface area contributed by atoms with Gasteiger partial charge < -0.3 is 5.11 Å². The average Bonchev–Trinajstić information content (AvgIpc) is 2.40. The Bertz CT molecular complexity index is 654. The van der Waals surface area contributed by atoms with Crippen LogP contribution in [0, 0.1) is 0 Å². The first kappa shape index (κ1) is 15.4. The van der Waals surface area contributed by atoms with E-state index in [0.717, 1.165) is 12.1 Å². The molecule has 0 saturated carbocycles.